The van der Waals surface area contributed by atoms with E-state index in [0.29, 0.717) is 11.7 Å². The van der Waals surface area contributed by atoms with Gasteiger partial charge < -0.3 is 10.6 Å². The smallest absolute Gasteiger partial charge is 0.243 e. The number of carbonyl (C=O) groups is 2. The van der Waals surface area contributed by atoms with Crippen LogP contribution in [-0.4, -0.2) is 27.0 Å². The molecule has 1 aromatic carbocycles. The van der Waals surface area contributed by atoms with Gasteiger partial charge >= 0.3 is 0 Å². The molecule has 3 N–H and O–H groups in total. The van der Waals surface area contributed by atoms with E-state index in [1.54, 1.807) is 6.20 Å². The predicted molar refractivity (Wildman–Crippen MR) is 129 cm³/mol. The van der Waals surface area contributed by atoms with E-state index in [1.807, 2.05) is 56.3 Å². The largest absolute Gasteiger partial charge is 0.344 e. The lowest BCUT2D eigenvalue weighted by Gasteiger charge is -2.16. The fourth-order valence-corrected chi connectivity index (χ4v) is 3.75. The minimum atomic E-state index is -0.306. The highest BCUT2D eigenvalue weighted by atomic mass is 16.2. The van der Waals surface area contributed by atoms with Crippen LogP contribution in [0.25, 0.3) is 11.1 Å². The summed E-state index contributed by atoms with van der Waals surface area (Å²) in [6.45, 7) is 7.38. The fourth-order valence-electron chi connectivity index (χ4n) is 3.75. The van der Waals surface area contributed by atoms with Crippen molar-refractivity contribution in [3.63, 3.8) is 0 Å². The van der Waals surface area contributed by atoms with Gasteiger partial charge in [-0.25, -0.2) is 0 Å². The van der Waals surface area contributed by atoms with Gasteiger partial charge in [-0.3, -0.25) is 19.7 Å². The van der Waals surface area contributed by atoms with E-state index < -0.39 is 0 Å². The van der Waals surface area contributed by atoms with E-state index in [1.165, 1.54) is 18.9 Å². The number of H-pyrrole nitrogens is 1. The molecule has 0 aliphatic heterocycles. The summed E-state index contributed by atoms with van der Waals surface area (Å²) >= 11 is 0. The summed E-state index contributed by atoms with van der Waals surface area (Å²) in [6.07, 6.45) is 6.17. The summed E-state index contributed by atoms with van der Waals surface area (Å²) in [5.41, 5.74) is 4.81. The Bertz CT molecular complexity index is 1130. The first-order valence-electron chi connectivity index (χ1n) is 11.3. The zero-order valence-corrected chi connectivity index (χ0v) is 19.0. The number of nitrogens with zero attached hydrogens (tertiary/aromatic N) is 2. The molecule has 0 radical (unpaired) electrons. The van der Waals surface area contributed by atoms with Crippen molar-refractivity contribution < 1.29 is 9.59 Å². The molecule has 0 saturated heterocycles. The molecule has 1 aliphatic carbocycles. The predicted octanol–water partition coefficient (Wildman–Crippen LogP) is 4.84. The van der Waals surface area contributed by atoms with E-state index in [-0.39, 0.29) is 23.8 Å². The second-order valence-corrected chi connectivity index (χ2v) is 8.46. The number of anilines is 1. The SMILES string of the molecule is C=CC(=O)NC(CC)c1ccc(-c2ccc([C@H](C)C(=O)Nc3cc(C4CC4)[nH]n3)cc2)cn1. The number of hydrogen-bond donors (Lipinski definition) is 3. The fraction of sp³-hybridized carbons (Fsp3) is 0.308. The highest BCUT2D eigenvalue weighted by molar-refractivity contribution is 5.95. The van der Waals surface area contributed by atoms with Crippen LogP contribution in [0.1, 0.15) is 67.9 Å². The third kappa shape index (κ3) is 5.37. The summed E-state index contributed by atoms with van der Waals surface area (Å²) in [5.74, 6) is 0.535. The van der Waals surface area contributed by atoms with Crippen LogP contribution in [0.3, 0.4) is 0 Å². The summed E-state index contributed by atoms with van der Waals surface area (Å²) in [4.78, 5) is 28.8. The number of hydrogen-bond acceptors (Lipinski definition) is 4. The Labute approximate surface area is 193 Å². The average Bonchev–Trinajstić information content (AvgIpc) is 3.60. The summed E-state index contributed by atoms with van der Waals surface area (Å²) < 4.78 is 0. The van der Waals surface area contributed by atoms with Crippen LogP contribution >= 0.6 is 0 Å². The van der Waals surface area contributed by atoms with Crippen LogP contribution in [0.5, 0.6) is 0 Å². The molecule has 2 atom stereocenters. The van der Waals surface area contributed by atoms with E-state index in [9.17, 15) is 9.59 Å². The lowest BCUT2D eigenvalue weighted by atomic mass is 9.97. The Morgan fingerprint density at radius 1 is 1.18 bits per heavy atom. The number of aromatic nitrogens is 3. The van der Waals surface area contributed by atoms with Gasteiger partial charge in [0.2, 0.25) is 11.8 Å². The Balaban J connectivity index is 1.39. The maximum atomic E-state index is 12.7. The first-order chi connectivity index (χ1) is 16.0. The molecule has 170 valence electrons. The normalized spacial score (nSPS) is 14.8. The molecule has 1 aliphatic rings. The van der Waals surface area contributed by atoms with Gasteiger partial charge in [-0.2, -0.15) is 5.10 Å². The number of pyridine rings is 1. The van der Waals surface area contributed by atoms with Crippen molar-refractivity contribution in [1.82, 2.24) is 20.5 Å². The van der Waals surface area contributed by atoms with Crippen molar-refractivity contribution >= 4 is 17.6 Å². The second-order valence-electron chi connectivity index (χ2n) is 8.46. The van der Waals surface area contributed by atoms with Gasteiger partial charge in [0.25, 0.3) is 0 Å². The second kappa shape index (κ2) is 9.81. The van der Waals surface area contributed by atoms with Crippen LogP contribution in [0.4, 0.5) is 5.82 Å². The van der Waals surface area contributed by atoms with Crippen molar-refractivity contribution in [1.29, 1.82) is 0 Å². The van der Waals surface area contributed by atoms with Crippen LogP contribution in [0.2, 0.25) is 0 Å². The third-order valence-electron chi connectivity index (χ3n) is 6.06. The summed E-state index contributed by atoms with van der Waals surface area (Å²) in [5, 5.41) is 13.0. The summed E-state index contributed by atoms with van der Waals surface area (Å²) in [6, 6.07) is 13.6. The molecule has 1 fully saturated rings. The lowest BCUT2D eigenvalue weighted by molar-refractivity contribution is -0.118. The molecule has 2 amide bonds. The quantitative estimate of drug-likeness (QED) is 0.412. The number of nitrogens with one attached hydrogen (secondary N) is 3. The van der Waals surface area contributed by atoms with Crippen molar-refractivity contribution in [2.75, 3.05) is 5.32 Å². The van der Waals surface area contributed by atoms with Crippen molar-refractivity contribution in [2.24, 2.45) is 0 Å². The topological polar surface area (TPSA) is 99.8 Å². The van der Waals surface area contributed by atoms with Gasteiger partial charge in [0.15, 0.2) is 5.82 Å². The minimum absolute atomic E-state index is 0.0882. The molecular formula is C26H29N5O2. The third-order valence-corrected chi connectivity index (χ3v) is 6.06. The van der Waals surface area contributed by atoms with E-state index in [2.05, 4.69) is 32.4 Å². The van der Waals surface area contributed by atoms with E-state index >= 15 is 0 Å². The molecule has 3 aromatic rings. The van der Waals surface area contributed by atoms with Crippen molar-refractivity contribution in [3.8, 4) is 11.1 Å². The van der Waals surface area contributed by atoms with Crippen LogP contribution < -0.4 is 10.6 Å². The van der Waals surface area contributed by atoms with Gasteiger partial charge in [-0.05, 0) is 49.5 Å². The minimum Gasteiger partial charge on any atom is -0.344 e. The molecule has 7 heteroatoms. The van der Waals surface area contributed by atoms with E-state index in [4.69, 9.17) is 0 Å². The highest BCUT2D eigenvalue weighted by Crippen LogP contribution is 2.39. The van der Waals surface area contributed by atoms with Crippen molar-refractivity contribution in [3.05, 3.63) is 78.3 Å². The standard InChI is InChI=1S/C26H29N5O2/c1-4-21(28-25(32)5-2)22-13-12-20(15-27-22)18-8-6-17(7-9-18)16(3)26(33)29-24-14-23(30-31-24)19-10-11-19/h5-9,12-16,19,21H,2,4,10-11H2,1,3H3,(H,28,32)(H2,29,30,31,33)/t16-,21?/m0/s1. The lowest BCUT2D eigenvalue weighted by Crippen LogP contribution is -2.26. The number of amides is 2. The number of aromatic amines is 1. The van der Waals surface area contributed by atoms with Gasteiger partial charge in [-0.1, -0.05) is 43.8 Å². The van der Waals surface area contributed by atoms with Gasteiger partial charge in [-0.15, -0.1) is 0 Å². The number of rotatable bonds is 9. The van der Waals surface area contributed by atoms with Gasteiger partial charge in [0, 0.05) is 29.4 Å². The van der Waals surface area contributed by atoms with Crippen molar-refractivity contribution in [2.45, 2.75) is 51.0 Å². The molecule has 1 unspecified atom stereocenters. The number of benzene rings is 1. The Morgan fingerprint density at radius 2 is 1.91 bits per heavy atom. The van der Waals surface area contributed by atoms with Gasteiger partial charge in [0.1, 0.15) is 0 Å². The molecule has 1 saturated carbocycles. The van der Waals surface area contributed by atoms with E-state index in [0.717, 1.165) is 34.5 Å². The molecule has 7 nitrogen and oxygen atoms in total. The Hall–Kier alpha value is -3.74. The highest BCUT2D eigenvalue weighted by Gasteiger charge is 2.26. The first kappa shape index (κ1) is 22.5. The van der Waals surface area contributed by atoms with Crippen LogP contribution in [-0.2, 0) is 9.59 Å². The molecule has 0 spiro atoms. The molecule has 4 rings (SSSR count). The number of carbonyl (C=O) groups excluding carboxylic acids is 2. The van der Waals surface area contributed by atoms with Crippen LogP contribution in [0, 0.1) is 0 Å². The maximum Gasteiger partial charge on any atom is 0.243 e. The maximum absolute atomic E-state index is 12.7. The molecule has 2 aromatic heterocycles. The molecule has 33 heavy (non-hydrogen) atoms. The first-order valence-corrected chi connectivity index (χ1v) is 11.3. The molecule has 0 bridgehead atoms. The Morgan fingerprint density at radius 3 is 2.52 bits per heavy atom. The molecule has 2 heterocycles. The average molecular weight is 444 g/mol. The zero-order chi connectivity index (χ0) is 23.4. The zero-order valence-electron chi connectivity index (χ0n) is 19.0. The van der Waals surface area contributed by atoms with Crippen LogP contribution in [0.15, 0.2) is 61.3 Å². The van der Waals surface area contributed by atoms with Gasteiger partial charge in [0.05, 0.1) is 17.7 Å². The summed E-state index contributed by atoms with van der Waals surface area (Å²) in [7, 11) is 0. The Kier molecular flexibility index (Phi) is 6.68. The monoisotopic (exact) mass is 443 g/mol. The molecular weight excluding hydrogens is 414 g/mol.